The molecule has 8 nitrogen and oxygen atoms in total. The Labute approximate surface area is 235 Å². The number of hydrogen-bond acceptors (Lipinski definition) is 8. The molecule has 5 rings (SSSR count). The van der Waals surface area contributed by atoms with Crippen LogP contribution in [0, 0.1) is 17.6 Å². The lowest BCUT2D eigenvalue weighted by Crippen LogP contribution is -2.12. The zero-order valence-corrected chi connectivity index (χ0v) is 23.1. The largest absolute Gasteiger partial charge is 0.480 e. The molecule has 0 radical (unpaired) electrons. The minimum atomic E-state index is -0.670. The summed E-state index contributed by atoms with van der Waals surface area (Å²) in [6.45, 7) is 4.53. The van der Waals surface area contributed by atoms with Crippen molar-refractivity contribution in [2.75, 3.05) is 30.8 Å². The number of benzene rings is 2. The molecule has 3 heterocycles. The summed E-state index contributed by atoms with van der Waals surface area (Å²) in [4.78, 5) is 19.6. The van der Waals surface area contributed by atoms with Crippen molar-refractivity contribution in [3.05, 3.63) is 71.9 Å². The molecule has 1 aliphatic heterocycles. The number of nitrogen functional groups attached to an aromatic ring is 1. The van der Waals surface area contributed by atoms with Crippen molar-refractivity contribution < 1.29 is 23.0 Å². The van der Waals surface area contributed by atoms with Crippen LogP contribution in [0.2, 0.25) is 0 Å². The predicted octanol–water partition coefficient (Wildman–Crippen LogP) is 5.96. The van der Waals surface area contributed by atoms with E-state index in [1.807, 2.05) is 30.3 Å². The van der Waals surface area contributed by atoms with E-state index in [-0.39, 0.29) is 11.4 Å². The van der Waals surface area contributed by atoms with Gasteiger partial charge in [0.25, 0.3) is 0 Å². The smallest absolute Gasteiger partial charge is 0.237 e. The second-order valence-corrected chi connectivity index (χ2v) is 10.1. The molecule has 0 unspecified atom stereocenters. The van der Waals surface area contributed by atoms with E-state index in [0.717, 1.165) is 53.7 Å². The number of ether oxygens (including phenoxy) is 2. The van der Waals surface area contributed by atoms with Crippen LogP contribution >= 0.6 is 11.9 Å². The van der Waals surface area contributed by atoms with Crippen LogP contribution in [0.4, 0.5) is 20.3 Å². The Bertz CT molecular complexity index is 1470. The molecule has 1 fully saturated rings. The van der Waals surface area contributed by atoms with Crippen molar-refractivity contribution in [3.63, 3.8) is 0 Å². The zero-order chi connectivity index (χ0) is 28.5. The zero-order valence-electron chi connectivity index (χ0n) is 22.2. The van der Waals surface area contributed by atoms with Gasteiger partial charge in [0, 0.05) is 48.5 Å². The van der Waals surface area contributed by atoms with Gasteiger partial charge in [-0.1, -0.05) is 13.0 Å². The number of nitrogens with one attached hydrogen (secondary N) is 2. The van der Waals surface area contributed by atoms with Gasteiger partial charge in [0.2, 0.25) is 12.3 Å². The highest BCUT2D eigenvalue weighted by Gasteiger charge is 2.12. The van der Waals surface area contributed by atoms with Crippen molar-refractivity contribution in [2.45, 2.75) is 31.2 Å². The predicted molar refractivity (Wildman–Crippen MR) is 154 cm³/mol. The Morgan fingerprint density at radius 3 is 2.60 bits per heavy atom. The second-order valence-electron chi connectivity index (χ2n) is 9.29. The molecule has 0 atom stereocenters. The fraction of sp³-hybridized carbons (Fsp3) is 0.276. The molecule has 4 N–H and O–H groups in total. The molecular formula is C29H31F2N5O3S. The molecule has 0 bridgehead atoms. The van der Waals surface area contributed by atoms with Gasteiger partial charge in [-0.05, 0) is 72.7 Å². The second kappa shape index (κ2) is 13.9. The van der Waals surface area contributed by atoms with E-state index in [1.165, 1.54) is 32.1 Å². The Kier molecular flexibility index (Phi) is 10.1. The van der Waals surface area contributed by atoms with Gasteiger partial charge in [-0.15, -0.1) is 0 Å². The van der Waals surface area contributed by atoms with Gasteiger partial charge in [0.05, 0.1) is 17.5 Å². The molecule has 0 saturated carbocycles. The van der Waals surface area contributed by atoms with Crippen molar-refractivity contribution in [3.8, 4) is 17.0 Å². The van der Waals surface area contributed by atoms with Crippen LogP contribution in [0.1, 0.15) is 25.3 Å². The van der Waals surface area contributed by atoms with Crippen molar-refractivity contribution in [2.24, 2.45) is 5.92 Å². The van der Waals surface area contributed by atoms with Crippen LogP contribution in [-0.2, 0) is 16.1 Å². The molecule has 0 spiro atoms. The summed E-state index contributed by atoms with van der Waals surface area (Å²) in [6.07, 6.45) is 4.79. The maximum Gasteiger partial charge on any atom is 0.237 e. The SMILES string of the molecule is CC1CCOCC1.COc1ncc(-c2ccc3nc(N)c(CNC=O)cc3c2)cc1NSc1ccc(F)cc1F. The molecule has 4 aromatic rings. The van der Waals surface area contributed by atoms with Gasteiger partial charge in [-0.3, -0.25) is 4.79 Å². The summed E-state index contributed by atoms with van der Waals surface area (Å²) in [5.74, 6) is 0.278. The summed E-state index contributed by atoms with van der Waals surface area (Å²) in [6, 6.07) is 12.7. The molecule has 40 heavy (non-hydrogen) atoms. The molecule has 2 aromatic heterocycles. The number of anilines is 2. The number of carbonyl (C=O) groups is 1. The van der Waals surface area contributed by atoms with Gasteiger partial charge in [-0.2, -0.15) is 0 Å². The quantitative estimate of drug-likeness (QED) is 0.177. The van der Waals surface area contributed by atoms with Crippen LogP contribution in [0.25, 0.3) is 22.0 Å². The van der Waals surface area contributed by atoms with Crippen LogP contribution in [-0.4, -0.2) is 36.7 Å². The number of pyridine rings is 2. The lowest BCUT2D eigenvalue weighted by atomic mass is 10.0. The maximum absolute atomic E-state index is 14.0. The number of halogens is 2. The van der Waals surface area contributed by atoms with Gasteiger partial charge in [0.15, 0.2) is 0 Å². The van der Waals surface area contributed by atoms with E-state index < -0.39 is 11.6 Å². The summed E-state index contributed by atoms with van der Waals surface area (Å²) >= 11 is 0.985. The van der Waals surface area contributed by atoms with E-state index in [0.29, 0.717) is 34.9 Å². The highest BCUT2D eigenvalue weighted by molar-refractivity contribution is 8.00. The number of fused-ring (bicyclic) bond motifs is 1. The Hall–Kier alpha value is -3.96. The standard InChI is InChI=1S/C23H19F2N5O2S.C6H12O/c1-32-23-20(30-33-21-5-3-17(24)9-18(21)25)8-15(11-28-23)13-2-4-19-14(6-13)7-16(10-27-12-31)22(26)29-19;1-6-2-4-7-5-3-6/h2-9,11-12,30H,10H2,1H3,(H2,26,29)(H,27,31);6H,2-5H2,1H3. The van der Waals surface area contributed by atoms with Gasteiger partial charge in [0.1, 0.15) is 23.1 Å². The Morgan fingerprint density at radius 1 is 1.12 bits per heavy atom. The number of nitrogens with zero attached hydrogens (tertiary/aromatic N) is 2. The minimum absolute atomic E-state index is 0.231. The summed E-state index contributed by atoms with van der Waals surface area (Å²) < 4.78 is 40.6. The van der Waals surface area contributed by atoms with Gasteiger partial charge < -0.3 is 25.2 Å². The van der Waals surface area contributed by atoms with Crippen LogP contribution in [0.15, 0.2) is 59.6 Å². The summed E-state index contributed by atoms with van der Waals surface area (Å²) in [5, 5.41) is 3.43. The molecule has 1 amide bonds. The fourth-order valence-electron chi connectivity index (χ4n) is 4.04. The first-order valence-electron chi connectivity index (χ1n) is 12.7. The molecule has 210 valence electrons. The normalized spacial score (nSPS) is 13.3. The number of methoxy groups -OCH3 is 1. The first-order chi connectivity index (χ1) is 19.4. The Morgan fingerprint density at radius 2 is 1.93 bits per heavy atom. The topological polar surface area (TPSA) is 111 Å². The van der Waals surface area contributed by atoms with E-state index >= 15 is 0 Å². The number of amides is 1. The maximum atomic E-state index is 14.0. The summed E-state index contributed by atoms with van der Waals surface area (Å²) in [7, 11) is 1.48. The molecule has 11 heteroatoms. The highest BCUT2D eigenvalue weighted by atomic mass is 32.2. The Balaban J connectivity index is 0.000000461. The fourth-order valence-corrected chi connectivity index (χ4v) is 4.70. The van der Waals surface area contributed by atoms with Crippen LogP contribution in [0.5, 0.6) is 5.88 Å². The van der Waals surface area contributed by atoms with Crippen LogP contribution in [0.3, 0.4) is 0 Å². The molecule has 1 saturated heterocycles. The number of rotatable bonds is 8. The van der Waals surface area contributed by atoms with E-state index in [2.05, 4.69) is 26.9 Å². The third kappa shape index (κ3) is 7.57. The lowest BCUT2D eigenvalue weighted by Gasteiger charge is -2.16. The number of aromatic nitrogens is 2. The minimum Gasteiger partial charge on any atom is -0.480 e. The molecule has 0 aliphatic carbocycles. The highest BCUT2D eigenvalue weighted by Crippen LogP contribution is 2.33. The monoisotopic (exact) mass is 567 g/mol. The van der Waals surface area contributed by atoms with Crippen LogP contribution < -0.4 is 20.5 Å². The lowest BCUT2D eigenvalue weighted by molar-refractivity contribution is -0.109. The third-order valence-electron chi connectivity index (χ3n) is 6.36. The molecule has 2 aromatic carbocycles. The molecule has 1 aliphatic rings. The van der Waals surface area contributed by atoms with E-state index in [4.69, 9.17) is 15.2 Å². The van der Waals surface area contributed by atoms with E-state index in [1.54, 1.807) is 6.20 Å². The number of nitrogens with two attached hydrogens (primary N) is 1. The summed E-state index contributed by atoms with van der Waals surface area (Å²) in [5.41, 5.74) is 9.57. The number of hydrogen-bond donors (Lipinski definition) is 3. The molecular weight excluding hydrogens is 536 g/mol. The first kappa shape index (κ1) is 29.0. The van der Waals surface area contributed by atoms with Gasteiger partial charge in [-0.25, -0.2) is 18.7 Å². The van der Waals surface area contributed by atoms with Crippen molar-refractivity contribution in [1.82, 2.24) is 15.3 Å². The average Bonchev–Trinajstić information content (AvgIpc) is 2.96. The van der Waals surface area contributed by atoms with Crippen molar-refractivity contribution >= 4 is 40.8 Å². The van der Waals surface area contributed by atoms with E-state index in [9.17, 15) is 13.6 Å². The number of carbonyl (C=O) groups excluding carboxylic acids is 1. The van der Waals surface area contributed by atoms with Gasteiger partial charge >= 0.3 is 0 Å². The third-order valence-corrected chi connectivity index (χ3v) is 7.23. The first-order valence-corrected chi connectivity index (χ1v) is 13.6. The average molecular weight is 568 g/mol. The van der Waals surface area contributed by atoms with Crippen molar-refractivity contribution in [1.29, 1.82) is 0 Å².